The summed E-state index contributed by atoms with van der Waals surface area (Å²) in [5.74, 6) is -1.56. The van der Waals surface area contributed by atoms with E-state index in [1.54, 1.807) is 12.1 Å². The Bertz CT molecular complexity index is 564. The number of anilines is 1. The molecule has 0 radical (unpaired) electrons. The van der Waals surface area contributed by atoms with Gasteiger partial charge in [0.2, 0.25) is 11.7 Å². The molecule has 0 aliphatic rings. The maximum absolute atomic E-state index is 11.9. The first kappa shape index (κ1) is 18.6. The van der Waals surface area contributed by atoms with E-state index in [0.29, 0.717) is 5.69 Å². The Labute approximate surface area is 137 Å². The van der Waals surface area contributed by atoms with E-state index in [9.17, 15) is 14.4 Å². The van der Waals surface area contributed by atoms with Crippen LogP contribution < -0.4 is 5.32 Å². The molecule has 0 fully saturated rings. The number of ketones is 2. The van der Waals surface area contributed by atoms with Crippen molar-refractivity contribution in [2.75, 3.05) is 19.5 Å². The van der Waals surface area contributed by atoms with Gasteiger partial charge in [0.25, 0.3) is 0 Å². The fourth-order valence-electron chi connectivity index (χ4n) is 1.56. The van der Waals surface area contributed by atoms with Crippen LogP contribution in [0.1, 0.15) is 16.8 Å². The molecule has 0 spiro atoms. The highest BCUT2D eigenvalue weighted by Crippen LogP contribution is 2.15. The van der Waals surface area contributed by atoms with E-state index in [1.807, 2.05) is 0 Å². The van der Waals surface area contributed by atoms with Crippen LogP contribution in [0.3, 0.4) is 0 Å². The molecule has 22 heavy (non-hydrogen) atoms. The van der Waals surface area contributed by atoms with Crippen LogP contribution in [-0.2, 0) is 19.1 Å². The van der Waals surface area contributed by atoms with E-state index in [-0.39, 0.29) is 5.56 Å². The highest BCUT2D eigenvalue weighted by Gasteiger charge is 2.19. The molecule has 8 heteroatoms. The lowest BCUT2D eigenvalue weighted by Crippen LogP contribution is -2.23. The third kappa shape index (κ3) is 5.38. The summed E-state index contributed by atoms with van der Waals surface area (Å²) >= 11 is 11.3. The van der Waals surface area contributed by atoms with E-state index >= 15 is 0 Å². The summed E-state index contributed by atoms with van der Waals surface area (Å²) in [6, 6.07) is 6.12. The molecule has 2 atom stereocenters. The Balaban J connectivity index is 2.72. The summed E-state index contributed by atoms with van der Waals surface area (Å²) in [6.45, 7) is 0. The molecule has 0 bridgehead atoms. The number of benzene rings is 1. The van der Waals surface area contributed by atoms with Crippen molar-refractivity contribution in [3.8, 4) is 0 Å². The summed E-state index contributed by atoms with van der Waals surface area (Å²) in [6.07, 6.45) is -0.434. The van der Waals surface area contributed by atoms with Crippen LogP contribution >= 0.6 is 23.2 Å². The quantitative estimate of drug-likeness (QED) is 0.442. The van der Waals surface area contributed by atoms with Gasteiger partial charge in [-0.25, -0.2) is 0 Å². The van der Waals surface area contributed by atoms with Gasteiger partial charge >= 0.3 is 0 Å². The third-order valence-corrected chi connectivity index (χ3v) is 3.44. The number of halogens is 2. The average molecular weight is 348 g/mol. The van der Waals surface area contributed by atoms with Crippen LogP contribution in [0.2, 0.25) is 0 Å². The van der Waals surface area contributed by atoms with Gasteiger partial charge in [-0.2, -0.15) is 0 Å². The molecule has 0 aliphatic heterocycles. The first-order valence-electron chi connectivity index (χ1n) is 6.19. The number of hydrogen-bond acceptors (Lipinski definition) is 5. The zero-order valence-electron chi connectivity index (χ0n) is 12.0. The molecule has 1 N–H and O–H groups in total. The van der Waals surface area contributed by atoms with E-state index < -0.39 is 35.0 Å². The summed E-state index contributed by atoms with van der Waals surface area (Å²) in [5.41, 5.74) is -1.64. The number of carbonyl (C=O) groups excluding carboxylic acids is 3. The lowest BCUT2D eigenvalue weighted by atomic mass is 10.1. The van der Waals surface area contributed by atoms with Crippen LogP contribution in [0.5, 0.6) is 0 Å². The van der Waals surface area contributed by atoms with E-state index in [4.69, 9.17) is 27.9 Å². The Kier molecular flexibility index (Phi) is 7.47. The van der Waals surface area contributed by atoms with E-state index in [2.05, 4.69) is 10.1 Å². The third-order valence-electron chi connectivity index (χ3n) is 2.64. The number of methoxy groups -OCH3 is 2. The highest BCUT2D eigenvalue weighted by atomic mass is 35.5. The summed E-state index contributed by atoms with van der Waals surface area (Å²) in [7, 11) is 2.58. The first-order chi connectivity index (χ1) is 10.4. The Morgan fingerprint density at radius 2 is 1.77 bits per heavy atom. The average Bonchev–Trinajstić information content (AvgIpc) is 2.52. The number of hydrogen-bond donors (Lipinski definition) is 1. The van der Waals surface area contributed by atoms with Crippen molar-refractivity contribution >= 4 is 46.4 Å². The largest absolute Gasteiger partial charge is 0.358 e. The Morgan fingerprint density at radius 1 is 1.14 bits per heavy atom. The molecule has 1 aromatic carbocycles. The molecule has 0 aromatic heterocycles. The van der Waals surface area contributed by atoms with Crippen molar-refractivity contribution in [2.45, 2.75) is 17.5 Å². The SMILES string of the molecule is COC(Cl)C(=O)CC(=O)Nc1cccc(C(=O)C(Cl)OC)c1. The minimum Gasteiger partial charge on any atom is -0.358 e. The van der Waals surface area contributed by atoms with Crippen LogP contribution in [0.15, 0.2) is 24.3 Å². The van der Waals surface area contributed by atoms with E-state index in [0.717, 1.165) is 0 Å². The van der Waals surface area contributed by atoms with Gasteiger partial charge in [0.1, 0.15) is 0 Å². The molecule has 0 aliphatic carbocycles. The van der Waals surface area contributed by atoms with Gasteiger partial charge in [0.15, 0.2) is 16.9 Å². The molecule has 0 heterocycles. The van der Waals surface area contributed by atoms with Gasteiger partial charge < -0.3 is 14.8 Å². The first-order valence-corrected chi connectivity index (χ1v) is 7.07. The van der Waals surface area contributed by atoms with Crippen LogP contribution in [0, 0.1) is 0 Å². The molecule has 2 unspecified atom stereocenters. The predicted molar refractivity (Wildman–Crippen MR) is 82.3 cm³/mol. The van der Waals surface area contributed by atoms with Crippen molar-refractivity contribution in [1.82, 2.24) is 0 Å². The second-order valence-electron chi connectivity index (χ2n) is 4.24. The fourth-order valence-corrected chi connectivity index (χ4v) is 1.77. The Morgan fingerprint density at radius 3 is 2.36 bits per heavy atom. The summed E-state index contributed by atoms with van der Waals surface area (Å²) in [4.78, 5) is 35.1. The second kappa shape index (κ2) is 8.85. The van der Waals surface area contributed by atoms with Gasteiger partial charge in [-0.1, -0.05) is 35.3 Å². The van der Waals surface area contributed by atoms with Gasteiger partial charge in [0, 0.05) is 25.5 Å². The topological polar surface area (TPSA) is 81.7 Å². The molecule has 1 rings (SSSR count). The highest BCUT2D eigenvalue weighted by molar-refractivity contribution is 6.33. The number of rotatable bonds is 8. The standard InChI is InChI=1S/C14H15Cl2NO5/c1-21-13(15)10(18)7-11(19)17-9-5-3-4-8(6-9)12(20)14(16)22-2/h3-6,13-14H,7H2,1-2H3,(H,17,19). The maximum atomic E-state index is 11.9. The Hall–Kier alpha value is -1.47. The van der Waals surface area contributed by atoms with Gasteiger partial charge in [-0.3, -0.25) is 14.4 Å². The number of ether oxygens (including phenoxy) is 2. The van der Waals surface area contributed by atoms with Gasteiger partial charge in [-0.05, 0) is 12.1 Å². The number of nitrogens with one attached hydrogen (secondary N) is 1. The molecule has 1 amide bonds. The van der Waals surface area contributed by atoms with E-state index in [1.165, 1.54) is 26.4 Å². The zero-order valence-corrected chi connectivity index (χ0v) is 13.5. The van der Waals surface area contributed by atoms with Crippen molar-refractivity contribution in [2.24, 2.45) is 0 Å². The minimum atomic E-state index is -1.17. The zero-order chi connectivity index (χ0) is 16.7. The molecular formula is C14H15Cl2NO5. The number of amides is 1. The van der Waals surface area contributed by atoms with Gasteiger partial charge in [-0.15, -0.1) is 0 Å². The van der Waals surface area contributed by atoms with Crippen LogP contribution in [0.25, 0.3) is 0 Å². The smallest absolute Gasteiger partial charge is 0.231 e. The fraction of sp³-hybridized carbons (Fsp3) is 0.357. The molecule has 120 valence electrons. The summed E-state index contributed by atoms with van der Waals surface area (Å²) in [5, 5.41) is 2.49. The monoisotopic (exact) mass is 347 g/mol. The predicted octanol–water partition coefficient (Wildman–Crippen LogP) is 2.19. The lowest BCUT2D eigenvalue weighted by Gasteiger charge is -2.10. The molecule has 6 nitrogen and oxygen atoms in total. The number of alkyl halides is 2. The van der Waals surface area contributed by atoms with Crippen molar-refractivity contribution in [1.29, 1.82) is 0 Å². The molecular weight excluding hydrogens is 333 g/mol. The van der Waals surface area contributed by atoms with Crippen LogP contribution in [0.4, 0.5) is 5.69 Å². The maximum Gasteiger partial charge on any atom is 0.231 e. The van der Waals surface area contributed by atoms with Crippen molar-refractivity contribution < 1.29 is 23.9 Å². The second-order valence-corrected chi connectivity index (χ2v) is 5.03. The number of carbonyl (C=O) groups is 3. The normalized spacial score (nSPS) is 13.3. The lowest BCUT2D eigenvalue weighted by molar-refractivity contribution is -0.129. The number of Topliss-reactive ketones (excluding diaryl/α,β-unsaturated/α-hetero) is 2. The summed E-state index contributed by atoms with van der Waals surface area (Å²) < 4.78 is 9.35. The van der Waals surface area contributed by atoms with Crippen molar-refractivity contribution in [3.05, 3.63) is 29.8 Å². The minimum absolute atomic E-state index is 0.276. The van der Waals surface area contributed by atoms with Gasteiger partial charge in [0.05, 0.1) is 6.42 Å². The molecule has 0 saturated carbocycles. The van der Waals surface area contributed by atoms with Crippen molar-refractivity contribution in [3.63, 3.8) is 0 Å². The molecule has 0 saturated heterocycles. The molecule has 1 aromatic rings. The van der Waals surface area contributed by atoms with Crippen LogP contribution in [-0.4, -0.2) is 42.8 Å².